The van der Waals surface area contributed by atoms with Crippen LogP contribution >= 0.6 is 0 Å². The van der Waals surface area contributed by atoms with Gasteiger partial charge in [-0.15, -0.1) is 0 Å². The van der Waals surface area contributed by atoms with E-state index in [0.29, 0.717) is 12.5 Å². The number of rotatable bonds is 5. The van der Waals surface area contributed by atoms with Crippen molar-refractivity contribution >= 4 is 5.91 Å². The zero-order valence-corrected chi connectivity index (χ0v) is 10.9. The molecule has 1 N–H and O–H groups in total. The summed E-state index contributed by atoms with van der Waals surface area (Å²) in [6.07, 6.45) is 2.35. The van der Waals surface area contributed by atoms with Gasteiger partial charge in [-0.2, -0.15) is 0 Å². The molecule has 1 aliphatic carbocycles. The predicted octanol–water partition coefficient (Wildman–Crippen LogP) is 1.88. The van der Waals surface area contributed by atoms with Gasteiger partial charge in [-0.25, -0.2) is 8.78 Å². The van der Waals surface area contributed by atoms with Crippen LogP contribution in [0.4, 0.5) is 8.78 Å². The summed E-state index contributed by atoms with van der Waals surface area (Å²) in [6, 6.07) is 0.0281. The Bertz CT molecular complexity index is 295. The highest BCUT2D eigenvalue weighted by molar-refractivity contribution is 5.73. The largest absolute Gasteiger partial charge is 0.341 e. The number of halogens is 2. The Labute approximate surface area is 107 Å². The maximum atomic E-state index is 12.2. The van der Waals surface area contributed by atoms with Gasteiger partial charge in [0.2, 0.25) is 5.91 Å². The Morgan fingerprint density at radius 1 is 1.33 bits per heavy atom. The van der Waals surface area contributed by atoms with Gasteiger partial charge in [0, 0.05) is 26.1 Å². The lowest BCUT2D eigenvalue weighted by atomic mass is 9.89. The van der Waals surface area contributed by atoms with E-state index in [4.69, 9.17) is 0 Å². The Morgan fingerprint density at radius 2 is 2.06 bits per heavy atom. The van der Waals surface area contributed by atoms with Gasteiger partial charge in [-0.3, -0.25) is 4.79 Å². The number of piperidine rings is 1. The Hall–Kier alpha value is -0.710. The van der Waals surface area contributed by atoms with Crippen molar-refractivity contribution in [2.45, 2.75) is 45.1 Å². The fourth-order valence-electron chi connectivity index (χ4n) is 2.86. The van der Waals surface area contributed by atoms with Crippen LogP contribution in [0, 0.1) is 11.8 Å². The molecule has 0 bridgehead atoms. The van der Waals surface area contributed by atoms with Crippen LogP contribution in [0.2, 0.25) is 0 Å². The third-order valence-electron chi connectivity index (χ3n) is 3.91. The standard InChI is InChI=1S/C13H22F2N2O/c1-9(18)17-7-11(4-10-2-3-10)5-12(8-17)16-6-13(14)15/h10-13,16H,2-8H2,1H3. The molecule has 1 saturated heterocycles. The van der Waals surface area contributed by atoms with Gasteiger partial charge in [0.1, 0.15) is 0 Å². The first-order valence-corrected chi connectivity index (χ1v) is 6.81. The summed E-state index contributed by atoms with van der Waals surface area (Å²) in [5.41, 5.74) is 0. The second-order valence-electron chi connectivity index (χ2n) is 5.70. The molecule has 0 aromatic rings. The van der Waals surface area contributed by atoms with Gasteiger partial charge in [-0.05, 0) is 24.7 Å². The number of carbonyl (C=O) groups is 1. The third kappa shape index (κ3) is 4.19. The van der Waals surface area contributed by atoms with Crippen molar-refractivity contribution in [3.63, 3.8) is 0 Å². The number of hydrogen-bond acceptors (Lipinski definition) is 2. The minimum Gasteiger partial charge on any atom is -0.341 e. The Kier molecular flexibility index (Phi) is 4.54. The van der Waals surface area contributed by atoms with Gasteiger partial charge in [0.25, 0.3) is 6.43 Å². The second-order valence-corrected chi connectivity index (χ2v) is 5.70. The summed E-state index contributed by atoms with van der Waals surface area (Å²) in [4.78, 5) is 13.3. The fourth-order valence-corrected chi connectivity index (χ4v) is 2.86. The van der Waals surface area contributed by atoms with Crippen LogP contribution in [0.5, 0.6) is 0 Å². The van der Waals surface area contributed by atoms with Gasteiger partial charge in [0.15, 0.2) is 0 Å². The zero-order chi connectivity index (χ0) is 13.1. The van der Waals surface area contributed by atoms with E-state index in [9.17, 15) is 13.6 Å². The number of alkyl halides is 2. The van der Waals surface area contributed by atoms with Crippen molar-refractivity contribution in [2.75, 3.05) is 19.6 Å². The average Bonchev–Trinajstić information content (AvgIpc) is 3.10. The molecule has 2 fully saturated rings. The smallest absolute Gasteiger partial charge is 0.250 e. The number of likely N-dealkylation sites (tertiary alicyclic amines) is 1. The molecule has 3 nitrogen and oxygen atoms in total. The lowest BCUT2D eigenvalue weighted by molar-refractivity contribution is -0.131. The zero-order valence-electron chi connectivity index (χ0n) is 10.9. The minimum atomic E-state index is -2.32. The van der Waals surface area contributed by atoms with E-state index >= 15 is 0 Å². The number of amides is 1. The van der Waals surface area contributed by atoms with E-state index in [0.717, 1.165) is 25.3 Å². The topological polar surface area (TPSA) is 32.3 Å². The summed E-state index contributed by atoms with van der Waals surface area (Å²) < 4.78 is 24.4. The molecule has 18 heavy (non-hydrogen) atoms. The molecule has 1 amide bonds. The first kappa shape index (κ1) is 13.7. The third-order valence-corrected chi connectivity index (χ3v) is 3.91. The van der Waals surface area contributed by atoms with Gasteiger partial charge < -0.3 is 10.2 Å². The second kappa shape index (κ2) is 5.95. The highest BCUT2D eigenvalue weighted by Gasteiger charge is 2.33. The van der Waals surface area contributed by atoms with Gasteiger partial charge in [-0.1, -0.05) is 12.8 Å². The summed E-state index contributed by atoms with van der Waals surface area (Å²) in [5, 5.41) is 2.89. The van der Waals surface area contributed by atoms with Crippen molar-refractivity contribution in [1.82, 2.24) is 10.2 Å². The molecular formula is C13H22F2N2O. The molecule has 1 saturated carbocycles. The normalized spacial score (nSPS) is 28.8. The highest BCUT2D eigenvalue weighted by Crippen LogP contribution is 2.37. The lowest BCUT2D eigenvalue weighted by Crippen LogP contribution is -2.51. The monoisotopic (exact) mass is 260 g/mol. The predicted molar refractivity (Wildman–Crippen MR) is 65.5 cm³/mol. The van der Waals surface area contributed by atoms with Crippen LogP contribution in [-0.4, -0.2) is 42.9 Å². The summed E-state index contributed by atoms with van der Waals surface area (Å²) in [7, 11) is 0. The average molecular weight is 260 g/mol. The van der Waals surface area contributed by atoms with Crippen LogP contribution in [0.25, 0.3) is 0 Å². The van der Waals surface area contributed by atoms with Crippen LogP contribution in [0.1, 0.15) is 32.6 Å². The molecule has 2 rings (SSSR count). The SMILES string of the molecule is CC(=O)N1CC(CC2CC2)CC(NCC(F)F)C1. The van der Waals surface area contributed by atoms with E-state index in [1.165, 1.54) is 12.8 Å². The molecule has 2 aliphatic rings. The molecular weight excluding hydrogens is 238 g/mol. The van der Waals surface area contributed by atoms with Crippen molar-refractivity contribution in [3.8, 4) is 0 Å². The van der Waals surface area contributed by atoms with Crippen LogP contribution in [-0.2, 0) is 4.79 Å². The van der Waals surface area contributed by atoms with E-state index in [-0.39, 0.29) is 18.5 Å². The first-order chi connectivity index (χ1) is 8.54. The van der Waals surface area contributed by atoms with E-state index < -0.39 is 6.43 Å². The van der Waals surface area contributed by atoms with Crippen LogP contribution < -0.4 is 5.32 Å². The molecule has 2 atom stereocenters. The maximum absolute atomic E-state index is 12.2. The van der Waals surface area contributed by atoms with Gasteiger partial charge in [0.05, 0.1) is 6.54 Å². The van der Waals surface area contributed by atoms with Gasteiger partial charge >= 0.3 is 0 Å². The maximum Gasteiger partial charge on any atom is 0.250 e. The van der Waals surface area contributed by atoms with Crippen molar-refractivity contribution in [3.05, 3.63) is 0 Å². The summed E-state index contributed by atoms with van der Waals surface area (Å²) in [6.45, 7) is 2.66. The Morgan fingerprint density at radius 3 is 2.61 bits per heavy atom. The van der Waals surface area contributed by atoms with E-state index in [1.54, 1.807) is 11.8 Å². The first-order valence-electron chi connectivity index (χ1n) is 6.81. The summed E-state index contributed by atoms with van der Waals surface area (Å²) >= 11 is 0. The molecule has 5 heteroatoms. The molecule has 0 radical (unpaired) electrons. The van der Waals surface area contributed by atoms with Crippen LogP contribution in [0.15, 0.2) is 0 Å². The molecule has 0 aromatic carbocycles. The minimum absolute atomic E-state index is 0.0281. The lowest BCUT2D eigenvalue weighted by Gasteiger charge is -2.38. The van der Waals surface area contributed by atoms with Crippen molar-refractivity contribution in [2.24, 2.45) is 11.8 Å². The Balaban J connectivity index is 1.85. The molecule has 1 aliphatic heterocycles. The number of hydrogen-bond donors (Lipinski definition) is 1. The van der Waals surface area contributed by atoms with Crippen LogP contribution in [0.3, 0.4) is 0 Å². The number of nitrogens with one attached hydrogen (secondary N) is 1. The summed E-state index contributed by atoms with van der Waals surface area (Å²) in [5.74, 6) is 1.35. The molecule has 0 spiro atoms. The number of carbonyl (C=O) groups excluding carboxylic acids is 1. The molecule has 2 unspecified atom stereocenters. The molecule has 0 aromatic heterocycles. The number of nitrogens with zero attached hydrogens (tertiary/aromatic N) is 1. The molecule has 104 valence electrons. The quantitative estimate of drug-likeness (QED) is 0.818. The van der Waals surface area contributed by atoms with Crippen molar-refractivity contribution < 1.29 is 13.6 Å². The highest BCUT2D eigenvalue weighted by atomic mass is 19.3. The van der Waals surface area contributed by atoms with E-state index in [1.807, 2.05) is 0 Å². The fraction of sp³-hybridized carbons (Fsp3) is 0.923. The van der Waals surface area contributed by atoms with Crippen molar-refractivity contribution in [1.29, 1.82) is 0 Å². The van der Waals surface area contributed by atoms with E-state index in [2.05, 4.69) is 5.32 Å². The molecule has 1 heterocycles.